The summed E-state index contributed by atoms with van der Waals surface area (Å²) in [6, 6.07) is 4.91. The Hall–Kier alpha value is -0.680. The van der Waals surface area contributed by atoms with Crippen LogP contribution in [0.1, 0.15) is 12.5 Å². The molecule has 18 heavy (non-hydrogen) atoms. The molecule has 1 aromatic rings. The van der Waals surface area contributed by atoms with Gasteiger partial charge in [-0.1, -0.05) is 23.7 Å². The number of hydrogen-bond acceptors (Lipinski definition) is 3. The van der Waals surface area contributed by atoms with Crippen LogP contribution in [0, 0.1) is 5.82 Å². The van der Waals surface area contributed by atoms with Crippen molar-refractivity contribution in [3.63, 3.8) is 0 Å². The number of ether oxygens (including phenoxy) is 2. The lowest BCUT2D eigenvalue weighted by Gasteiger charge is -2.28. The lowest BCUT2D eigenvalue weighted by Crippen LogP contribution is -2.45. The fourth-order valence-electron chi connectivity index (χ4n) is 1.93. The molecular weight excluding hydrogens is 257 g/mol. The van der Waals surface area contributed by atoms with Crippen LogP contribution in [0.25, 0.3) is 0 Å². The molecule has 1 heterocycles. The van der Waals surface area contributed by atoms with Crippen LogP contribution < -0.4 is 5.32 Å². The molecular formula is C13H17ClFNO2. The molecule has 1 aliphatic rings. The van der Waals surface area contributed by atoms with Crippen molar-refractivity contribution in [3.8, 4) is 0 Å². The van der Waals surface area contributed by atoms with E-state index in [1.807, 2.05) is 6.92 Å². The Kier molecular flexibility index (Phi) is 4.95. The van der Waals surface area contributed by atoms with Crippen LogP contribution in [0.5, 0.6) is 0 Å². The van der Waals surface area contributed by atoms with Gasteiger partial charge in [-0.3, -0.25) is 0 Å². The third-order valence-corrected chi connectivity index (χ3v) is 3.11. The summed E-state index contributed by atoms with van der Waals surface area (Å²) in [4.78, 5) is 0. The first-order chi connectivity index (χ1) is 8.66. The van der Waals surface area contributed by atoms with Crippen LogP contribution >= 0.6 is 11.6 Å². The van der Waals surface area contributed by atoms with E-state index in [-0.39, 0.29) is 23.8 Å². The predicted octanol–water partition coefficient (Wildman–Crippen LogP) is 2.37. The molecule has 0 saturated carbocycles. The number of nitrogens with one attached hydrogen (secondary N) is 1. The van der Waals surface area contributed by atoms with Crippen LogP contribution in [-0.4, -0.2) is 31.9 Å². The molecule has 5 heteroatoms. The van der Waals surface area contributed by atoms with Gasteiger partial charge in [-0.15, -0.1) is 0 Å². The molecule has 2 unspecified atom stereocenters. The Balaban J connectivity index is 1.79. The fourth-order valence-corrected chi connectivity index (χ4v) is 2.12. The van der Waals surface area contributed by atoms with Crippen molar-refractivity contribution in [1.29, 1.82) is 0 Å². The fraction of sp³-hybridized carbons (Fsp3) is 0.538. The third kappa shape index (κ3) is 3.65. The monoisotopic (exact) mass is 273 g/mol. The molecule has 1 fully saturated rings. The Labute approximate surface area is 111 Å². The average Bonchev–Trinajstić information content (AvgIpc) is 2.35. The summed E-state index contributed by atoms with van der Waals surface area (Å²) >= 11 is 5.70. The van der Waals surface area contributed by atoms with Gasteiger partial charge >= 0.3 is 0 Å². The molecule has 3 nitrogen and oxygen atoms in total. The number of rotatable bonds is 4. The summed E-state index contributed by atoms with van der Waals surface area (Å²) in [5.41, 5.74) is 0.472. The van der Waals surface area contributed by atoms with E-state index in [4.69, 9.17) is 21.1 Å². The van der Waals surface area contributed by atoms with Gasteiger partial charge in [0, 0.05) is 18.7 Å². The maximum absolute atomic E-state index is 13.6. The van der Waals surface area contributed by atoms with Gasteiger partial charge < -0.3 is 14.8 Å². The smallest absolute Gasteiger partial charge is 0.147 e. The van der Waals surface area contributed by atoms with Gasteiger partial charge in [0.15, 0.2) is 0 Å². The molecule has 0 radical (unpaired) electrons. The average molecular weight is 274 g/mol. The number of hydrogen-bond donors (Lipinski definition) is 1. The maximum Gasteiger partial charge on any atom is 0.147 e. The number of benzene rings is 1. The van der Waals surface area contributed by atoms with Crippen molar-refractivity contribution in [3.05, 3.63) is 34.6 Å². The second-order valence-electron chi connectivity index (χ2n) is 4.46. The number of halogens is 2. The zero-order chi connectivity index (χ0) is 13.0. The zero-order valence-corrected chi connectivity index (χ0v) is 11.0. The van der Waals surface area contributed by atoms with E-state index in [0.29, 0.717) is 12.2 Å². The predicted molar refractivity (Wildman–Crippen MR) is 68.3 cm³/mol. The van der Waals surface area contributed by atoms with Crippen LogP contribution in [0.3, 0.4) is 0 Å². The lowest BCUT2D eigenvalue weighted by atomic mass is 10.2. The summed E-state index contributed by atoms with van der Waals surface area (Å²) < 4.78 is 24.7. The minimum absolute atomic E-state index is 0.0241. The van der Waals surface area contributed by atoms with Crippen molar-refractivity contribution in [1.82, 2.24) is 5.32 Å². The van der Waals surface area contributed by atoms with Crippen molar-refractivity contribution in [2.45, 2.75) is 25.7 Å². The molecule has 1 N–H and O–H groups in total. The van der Waals surface area contributed by atoms with Gasteiger partial charge in [0.2, 0.25) is 0 Å². The molecule has 0 aromatic heterocycles. The van der Waals surface area contributed by atoms with Crippen molar-refractivity contribution < 1.29 is 13.9 Å². The highest BCUT2D eigenvalue weighted by molar-refractivity contribution is 6.30. The van der Waals surface area contributed by atoms with Gasteiger partial charge in [-0.05, 0) is 13.0 Å². The third-order valence-electron chi connectivity index (χ3n) is 2.82. The molecule has 1 aliphatic heterocycles. The van der Waals surface area contributed by atoms with Crippen molar-refractivity contribution in [2.24, 2.45) is 0 Å². The molecule has 0 spiro atoms. The summed E-state index contributed by atoms with van der Waals surface area (Å²) in [5.74, 6) is -0.407. The SMILES string of the molecule is CC1CNCC(COCc2cccc(Cl)c2F)O1. The van der Waals surface area contributed by atoms with Gasteiger partial charge in [0.05, 0.1) is 30.4 Å². The first kappa shape index (κ1) is 13.7. The second kappa shape index (κ2) is 6.48. The van der Waals surface area contributed by atoms with Crippen molar-refractivity contribution in [2.75, 3.05) is 19.7 Å². The molecule has 2 atom stereocenters. The molecule has 1 aromatic carbocycles. The van der Waals surface area contributed by atoms with Crippen LogP contribution in [0.2, 0.25) is 5.02 Å². The van der Waals surface area contributed by atoms with E-state index in [1.54, 1.807) is 12.1 Å². The maximum atomic E-state index is 13.6. The lowest BCUT2D eigenvalue weighted by molar-refractivity contribution is -0.0718. The van der Waals surface area contributed by atoms with Crippen molar-refractivity contribution >= 4 is 11.6 Å². The topological polar surface area (TPSA) is 30.5 Å². The first-order valence-electron chi connectivity index (χ1n) is 6.03. The van der Waals surface area contributed by atoms with Crippen LogP contribution in [-0.2, 0) is 16.1 Å². The molecule has 0 amide bonds. The van der Waals surface area contributed by atoms with E-state index < -0.39 is 5.82 Å². The quantitative estimate of drug-likeness (QED) is 0.914. The van der Waals surface area contributed by atoms with Crippen LogP contribution in [0.15, 0.2) is 18.2 Å². The minimum atomic E-state index is -0.407. The molecule has 0 aliphatic carbocycles. The highest BCUT2D eigenvalue weighted by Crippen LogP contribution is 2.18. The van der Waals surface area contributed by atoms with Gasteiger partial charge in [-0.2, -0.15) is 0 Å². The summed E-state index contributed by atoms with van der Waals surface area (Å²) in [7, 11) is 0. The summed E-state index contributed by atoms with van der Waals surface area (Å²) in [5, 5.41) is 3.38. The summed E-state index contributed by atoms with van der Waals surface area (Å²) in [6.07, 6.45) is 0.214. The number of morpholine rings is 1. The Morgan fingerprint density at radius 2 is 2.33 bits per heavy atom. The second-order valence-corrected chi connectivity index (χ2v) is 4.86. The normalized spacial score (nSPS) is 24.2. The largest absolute Gasteiger partial charge is 0.374 e. The molecule has 1 saturated heterocycles. The zero-order valence-electron chi connectivity index (χ0n) is 10.3. The van der Waals surface area contributed by atoms with E-state index in [1.165, 1.54) is 6.07 Å². The van der Waals surface area contributed by atoms with Gasteiger partial charge in [0.1, 0.15) is 5.82 Å². The molecule has 0 bridgehead atoms. The minimum Gasteiger partial charge on any atom is -0.374 e. The first-order valence-corrected chi connectivity index (χ1v) is 6.41. The Morgan fingerprint density at radius 3 is 3.11 bits per heavy atom. The van der Waals surface area contributed by atoms with E-state index in [0.717, 1.165) is 13.1 Å². The highest BCUT2D eigenvalue weighted by Gasteiger charge is 2.18. The van der Waals surface area contributed by atoms with E-state index in [9.17, 15) is 4.39 Å². The Bertz CT molecular complexity index is 403. The van der Waals surface area contributed by atoms with E-state index >= 15 is 0 Å². The van der Waals surface area contributed by atoms with E-state index in [2.05, 4.69) is 5.32 Å². The van der Waals surface area contributed by atoms with Gasteiger partial charge in [-0.25, -0.2) is 4.39 Å². The molecule has 100 valence electrons. The van der Waals surface area contributed by atoms with Gasteiger partial charge in [0.25, 0.3) is 0 Å². The standard InChI is InChI=1S/C13H17ClFNO2/c1-9-5-16-6-11(18-9)8-17-7-10-3-2-4-12(14)13(10)15/h2-4,9,11,16H,5-8H2,1H3. The Morgan fingerprint density at radius 1 is 1.50 bits per heavy atom. The summed E-state index contributed by atoms with van der Waals surface area (Å²) in [6.45, 7) is 4.29. The highest BCUT2D eigenvalue weighted by atomic mass is 35.5. The van der Waals surface area contributed by atoms with Crippen LogP contribution in [0.4, 0.5) is 4.39 Å². The molecule has 2 rings (SSSR count).